The molecule has 83 heavy (non-hydrogen) atoms. The van der Waals surface area contributed by atoms with Crippen LogP contribution in [-0.2, 0) is 33.3 Å². The number of allylic oxidation sites excluding steroid dienone is 32. The van der Waals surface area contributed by atoms with Gasteiger partial charge in [0.2, 0.25) is 0 Å². The normalized spacial score (nSPS) is 14.1. The van der Waals surface area contributed by atoms with Crippen molar-refractivity contribution in [3.8, 4) is 0 Å². The van der Waals surface area contributed by atoms with E-state index in [1.165, 1.54) is 0 Å². The standard InChI is InChI=1S/C74H113NO8/c1-6-8-10-12-14-16-18-20-22-24-26-28-29-30-31-32-33-34-35-36-37-38-39-40-41-42-43-45-47-49-51-53-55-57-59-61-63-65-72(77)83-70(69-82-74(73(78)79)80-67-66-75(3,4)5)68-81-71(76)64-62-60-58-56-54-52-50-48-46-44-27-25-23-21-19-17-15-13-11-9-7-2/h8-11,14-17,20-23,26-28,30-31,33-34,36-37,39-40,42-44,47-50,53,55,70,74H,6-7,12-13,18-19,24-25,29,32,35,38,41,45-46,51-52,54,56-69H2,1-5H3/b10-8-,11-9-,16-14-,17-15-,22-20-,23-21-,28-26-,31-30-,34-33-,37-36-,40-39-,43-42-,44-27-,49-47-,50-48-,55-53-. The van der Waals surface area contributed by atoms with E-state index in [4.69, 9.17) is 18.9 Å². The summed E-state index contributed by atoms with van der Waals surface area (Å²) in [6, 6.07) is 0. The number of likely N-dealkylation sites (N-methyl/N-ethyl adjacent to an activating group) is 1. The third-order valence-corrected chi connectivity index (χ3v) is 12.3. The van der Waals surface area contributed by atoms with Gasteiger partial charge in [0.15, 0.2) is 12.4 Å². The molecule has 2 atom stereocenters. The Labute approximate surface area is 506 Å². The summed E-state index contributed by atoms with van der Waals surface area (Å²) in [7, 11) is 5.89. The number of carbonyl (C=O) groups is 3. The molecule has 0 heterocycles. The monoisotopic (exact) mass is 1140 g/mol. The molecule has 9 nitrogen and oxygen atoms in total. The largest absolute Gasteiger partial charge is 0.545 e. The van der Waals surface area contributed by atoms with Crippen molar-refractivity contribution < 1.29 is 42.9 Å². The first-order valence-electron chi connectivity index (χ1n) is 31.6. The van der Waals surface area contributed by atoms with Gasteiger partial charge in [0, 0.05) is 12.8 Å². The fraction of sp³-hybridized carbons (Fsp3) is 0.527. The average Bonchev–Trinajstić information content (AvgIpc) is 3.46. The first-order valence-corrected chi connectivity index (χ1v) is 31.6. The van der Waals surface area contributed by atoms with Gasteiger partial charge in [0.05, 0.1) is 40.3 Å². The molecule has 9 heteroatoms. The van der Waals surface area contributed by atoms with Crippen molar-refractivity contribution in [2.75, 3.05) is 47.5 Å². The van der Waals surface area contributed by atoms with Gasteiger partial charge >= 0.3 is 11.9 Å². The van der Waals surface area contributed by atoms with E-state index >= 15 is 0 Å². The molecule has 0 aromatic carbocycles. The van der Waals surface area contributed by atoms with Gasteiger partial charge in [-0.25, -0.2) is 0 Å². The van der Waals surface area contributed by atoms with Crippen LogP contribution >= 0.6 is 0 Å². The van der Waals surface area contributed by atoms with E-state index in [1.807, 2.05) is 21.1 Å². The van der Waals surface area contributed by atoms with E-state index in [0.717, 1.165) is 154 Å². The Balaban J connectivity index is 4.36. The summed E-state index contributed by atoms with van der Waals surface area (Å²) >= 11 is 0. The Morgan fingerprint density at radius 1 is 0.361 bits per heavy atom. The van der Waals surface area contributed by atoms with Crippen LogP contribution in [-0.4, -0.2) is 82.3 Å². The van der Waals surface area contributed by atoms with Crippen LogP contribution in [0.15, 0.2) is 194 Å². The van der Waals surface area contributed by atoms with Gasteiger partial charge in [-0.3, -0.25) is 9.59 Å². The van der Waals surface area contributed by atoms with Crippen LogP contribution in [0, 0.1) is 0 Å². The molecular formula is C74H113NO8. The lowest BCUT2D eigenvalue weighted by molar-refractivity contribution is -0.870. The van der Waals surface area contributed by atoms with Crippen LogP contribution in [0.5, 0.6) is 0 Å². The number of esters is 2. The predicted octanol–water partition coefficient (Wildman–Crippen LogP) is 18.1. The number of carboxylic acid groups (broad SMARTS) is 1. The maximum absolute atomic E-state index is 12.9. The topological polar surface area (TPSA) is 111 Å². The minimum atomic E-state index is -1.65. The Kier molecular flexibility index (Phi) is 57.8. The van der Waals surface area contributed by atoms with Crippen LogP contribution in [0.3, 0.4) is 0 Å². The van der Waals surface area contributed by atoms with E-state index in [2.05, 4.69) is 208 Å². The van der Waals surface area contributed by atoms with E-state index in [-0.39, 0.29) is 32.7 Å². The zero-order valence-electron chi connectivity index (χ0n) is 52.5. The number of aliphatic carboxylic acids is 1. The minimum Gasteiger partial charge on any atom is -0.545 e. The summed E-state index contributed by atoms with van der Waals surface area (Å²) < 4.78 is 22.6. The minimum absolute atomic E-state index is 0.125. The fourth-order valence-electron chi connectivity index (χ4n) is 7.56. The second kappa shape index (κ2) is 62.2. The van der Waals surface area contributed by atoms with E-state index in [1.54, 1.807) is 0 Å². The number of unbranched alkanes of at least 4 members (excludes halogenated alkanes) is 8. The number of hydrogen-bond acceptors (Lipinski definition) is 8. The van der Waals surface area contributed by atoms with E-state index < -0.39 is 30.3 Å². The smallest absolute Gasteiger partial charge is 0.306 e. The van der Waals surface area contributed by atoms with Gasteiger partial charge in [-0.2, -0.15) is 0 Å². The molecule has 0 amide bonds. The molecule has 2 unspecified atom stereocenters. The second-order valence-electron chi connectivity index (χ2n) is 21.2. The van der Waals surface area contributed by atoms with Gasteiger partial charge in [0.25, 0.3) is 0 Å². The van der Waals surface area contributed by atoms with E-state index in [0.29, 0.717) is 23.9 Å². The molecule has 0 aliphatic carbocycles. The summed E-state index contributed by atoms with van der Waals surface area (Å²) in [6.07, 6.45) is 93.5. The van der Waals surface area contributed by atoms with Crippen molar-refractivity contribution in [1.82, 2.24) is 0 Å². The molecule has 0 N–H and O–H groups in total. The van der Waals surface area contributed by atoms with Crippen molar-refractivity contribution in [2.24, 2.45) is 0 Å². The number of carboxylic acids is 1. The molecule has 0 saturated carbocycles. The van der Waals surface area contributed by atoms with Crippen LogP contribution in [0.1, 0.15) is 194 Å². The SMILES string of the molecule is CC/C=C\C/C=C\C/C=C\C/C=C\C/C=C\C/C=C\C/C=C\C/C=C\C/C=C\C/C=C\C/C=C\CCCCCC(=O)OC(COC(=O)CCCCCCC/C=C\C/C=C\C/C=C\C/C=C\C/C=C\CC)COC(OCC[N+](C)(C)C)C(=O)[O-]. The Morgan fingerprint density at radius 3 is 0.976 bits per heavy atom. The van der Waals surface area contributed by atoms with Gasteiger partial charge in [-0.1, -0.05) is 234 Å². The molecule has 0 radical (unpaired) electrons. The lowest BCUT2D eigenvalue weighted by Gasteiger charge is -2.26. The number of rotatable bonds is 55. The molecule has 0 aliphatic rings. The highest BCUT2D eigenvalue weighted by atomic mass is 16.7. The number of quaternary nitrogens is 1. The third kappa shape index (κ3) is 63.6. The Hall–Kier alpha value is -5.87. The van der Waals surface area contributed by atoms with Crippen LogP contribution < -0.4 is 5.11 Å². The number of carbonyl (C=O) groups excluding carboxylic acids is 3. The van der Waals surface area contributed by atoms with Gasteiger partial charge in [0.1, 0.15) is 13.2 Å². The molecule has 0 rings (SSSR count). The average molecular weight is 1140 g/mol. The van der Waals surface area contributed by atoms with Gasteiger partial charge in [-0.05, 0) is 141 Å². The summed E-state index contributed by atoms with van der Waals surface area (Å²) in [4.78, 5) is 37.4. The molecule has 0 bridgehead atoms. The summed E-state index contributed by atoms with van der Waals surface area (Å²) in [6.45, 7) is 4.42. The number of hydrogen-bond donors (Lipinski definition) is 0. The van der Waals surface area contributed by atoms with Crippen molar-refractivity contribution in [3.05, 3.63) is 194 Å². The molecule has 0 spiro atoms. The van der Waals surface area contributed by atoms with Gasteiger partial charge in [-0.15, -0.1) is 0 Å². The zero-order valence-corrected chi connectivity index (χ0v) is 52.5. The maximum Gasteiger partial charge on any atom is 0.306 e. The van der Waals surface area contributed by atoms with Gasteiger partial charge < -0.3 is 33.3 Å². The van der Waals surface area contributed by atoms with Crippen LogP contribution in [0.25, 0.3) is 0 Å². The lowest BCUT2D eigenvalue weighted by atomic mass is 10.1. The first-order chi connectivity index (χ1) is 40.6. The number of nitrogens with zero attached hydrogens (tertiary/aromatic N) is 1. The summed E-state index contributed by atoms with van der Waals surface area (Å²) in [5, 5.41) is 11.8. The predicted molar refractivity (Wildman–Crippen MR) is 351 cm³/mol. The highest BCUT2D eigenvalue weighted by molar-refractivity contribution is 5.70. The maximum atomic E-state index is 12.9. The second-order valence-corrected chi connectivity index (χ2v) is 21.2. The van der Waals surface area contributed by atoms with Crippen molar-refractivity contribution in [3.63, 3.8) is 0 Å². The molecule has 462 valence electrons. The first kappa shape index (κ1) is 77.1. The quantitative estimate of drug-likeness (QED) is 0.0195. The van der Waals surface area contributed by atoms with Crippen molar-refractivity contribution in [1.29, 1.82) is 0 Å². The lowest BCUT2D eigenvalue weighted by Crippen LogP contribution is -2.44. The Bertz CT molecular complexity index is 2060. The van der Waals surface area contributed by atoms with Crippen LogP contribution in [0.4, 0.5) is 0 Å². The highest BCUT2D eigenvalue weighted by Crippen LogP contribution is 2.12. The molecule has 0 aromatic rings. The highest BCUT2D eigenvalue weighted by Gasteiger charge is 2.22. The molecule has 0 aromatic heterocycles. The van der Waals surface area contributed by atoms with E-state index in [9.17, 15) is 19.5 Å². The fourth-order valence-corrected chi connectivity index (χ4v) is 7.56. The Morgan fingerprint density at radius 2 is 0.651 bits per heavy atom. The van der Waals surface area contributed by atoms with Crippen LogP contribution in [0.2, 0.25) is 0 Å². The molecule has 0 fully saturated rings. The van der Waals surface area contributed by atoms with Crippen molar-refractivity contribution >= 4 is 17.9 Å². The molecule has 0 aliphatic heterocycles. The zero-order chi connectivity index (χ0) is 60.5. The third-order valence-electron chi connectivity index (χ3n) is 12.3. The number of ether oxygens (including phenoxy) is 4. The molecule has 0 saturated heterocycles. The van der Waals surface area contributed by atoms with Crippen molar-refractivity contribution in [2.45, 2.75) is 206 Å². The summed E-state index contributed by atoms with van der Waals surface area (Å²) in [5.41, 5.74) is 0. The molecular weight excluding hydrogens is 1030 g/mol. The summed E-state index contributed by atoms with van der Waals surface area (Å²) in [5.74, 6) is -2.38.